The lowest BCUT2D eigenvalue weighted by atomic mass is 9.96. The number of hydrogen-bond donors (Lipinski definition) is 1. The predicted molar refractivity (Wildman–Crippen MR) is 94.2 cm³/mol. The zero-order chi connectivity index (χ0) is 16.9. The number of carboxylic acid groups (broad SMARTS) is 1. The van der Waals surface area contributed by atoms with Gasteiger partial charge < -0.3 is 5.11 Å². The van der Waals surface area contributed by atoms with Gasteiger partial charge in [-0.2, -0.15) is 0 Å². The minimum absolute atomic E-state index is 0.0545. The predicted octanol–water partition coefficient (Wildman–Crippen LogP) is 5.01. The van der Waals surface area contributed by atoms with E-state index < -0.39 is 5.97 Å². The molecule has 3 heteroatoms. The smallest absolute Gasteiger partial charge is 0.303 e. The molecule has 1 rings (SSSR count). The van der Waals surface area contributed by atoms with Crippen LogP contribution in [0.2, 0.25) is 0 Å². The minimum atomic E-state index is -0.758. The summed E-state index contributed by atoms with van der Waals surface area (Å²) in [4.78, 5) is 22.3. The molecule has 0 aromatic carbocycles. The maximum absolute atomic E-state index is 11.9. The van der Waals surface area contributed by atoms with Crippen molar-refractivity contribution in [2.75, 3.05) is 0 Å². The highest BCUT2D eigenvalue weighted by Crippen LogP contribution is 2.25. The molecule has 0 spiro atoms. The third-order valence-corrected chi connectivity index (χ3v) is 3.88. The number of carboxylic acids is 1. The van der Waals surface area contributed by atoms with Gasteiger partial charge in [0.15, 0.2) is 5.78 Å². The summed E-state index contributed by atoms with van der Waals surface area (Å²) in [5, 5.41) is 8.57. The quantitative estimate of drug-likeness (QED) is 0.431. The van der Waals surface area contributed by atoms with Gasteiger partial charge in [0.2, 0.25) is 0 Å². The number of allylic oxidation sites excluding steroid dienone is 8. The highest BCUT2D eigenvalue weighted by atomic mass is 16.4. The van der Waals surface area contributed by atoms with E-state index in [0.29, 0.717) is 6.42 Å². The van der Waals surface area contributed by atoms with E-state index >= 15 is 0 Å². The monoisotopic (exact) mass is 316 g/mol. The Morgan fingerprint density at radius 2 is 1.91 bits per heavy atom. The Balaban J connectivity index is 2.39. The highest BCUT2D eigenvalue weighted by Gasteiger charge is 2.22. The fourth-order valence-electron chi connectivity index (χ4n) is 2.51. The second-order valence-corrected chi connectivity index (χ2v) is 5.87. The third-order valence-electron chi connectivity index (χ3n) is 3.88. The largest absolute Gasteiger partial charge is 0.481 e. The average molecular weight is 316 g/mol. The molecule has 3 nitrogen and oxygen atoms in total. The van der Waals surface area contributed by atoms with Crippen molar-refractivity contribution in [1.29, 1.82) is 0 Å². The molecule has 126 valence electrons. The molecule has 1 aliphatic carbocycles. The molecule has 0 aliphatic heterocycles. The molecule has 0 aromatic heterocycles. The summed E-state index contributed by atoms with van der Waals surface area (Å²) in [5.74, 6) is -0.637. The van der Waals surface area contributed by atoms with E-state index in [-0.39, 0.29) is 18.1 Å². The summed E-state index contributed by atoms with van der Waals surface area (Å²) in [5.41, 5.74) is 1.04. The van der Waals surface area contributed by atoms with Crippen molar-refractivity contribution in [3.63, 3.8) is 0 Å². The normalized spacial score (nSPS) is 19.6. The molecule has 0 heterocycles. The van der Waals surface area contributed by atoms with Gasteiger partial charge >= 0.3 is 5.97 Å². The molecule has 1 atom stereocenters. The Bertz CT molecular complexity index is 495. The molecule has 0 fully saturated rings. The molecule has 0 aromatic rings. The van der Waals surface area contributed by atoms with Crippen molar-refractivity contribution in [2.45, 2.75) is 58.3 Å². The lowest BCUT2D eigenvalue weighted by Gasteiger charge is -2.07. The van der Waals surface area contributed by atoms with Crippen LogP contribution in [0.4, 0.5) is 0 Å². The molecule has 1 aliphatic rings. The van der Waals surface area contributed by atoms with Crippen molar-refractivity contribution in [1.82, 2.24) is 0 Å². The second kappa shape index (κ2) is 11.6. The molecular formula is C20H28O3. The van der Waals surface area contributed by atoms with Gasteiger partial charge in [0, 0.05) is 6.42 Å². The summed E-state index contributed by atoms with van der Waals surface area (Å²) >= 11 is 0. The molecule has 0 saturated heterocycles. The topological polar surface area (TPSA) is 54.4 Å². The fraction of sp³-hybridized carbons (Fsp3) is 0.500. The Labute approximate surface area is 139 Å². The van der Waals surface area contributed by atoms with Crippen LogP contribution in [0.15, 0.2) is 48.1 Å². The fourth-order valence-corrected chi connectivity index (χ4v) is 2.51. The zero-order valence-electron chi connectivity index (χ0n) is 14.0. The molecule has 23 heavy (non-hydrogen) atoms. The number of rotatable bonds is 11. The van der Waals surface area contributed by atoms with Gasteiger partial charge in [0.1, 0.15) is 0 Å². The molecule has 0 bridgehead atoms. The second-order valence-electron chi connectivity index (χ2n) is 5.87. The molecule has 0 amide bonds. The first-order valence-electron chi connectivity index (χ1n) is 8.60. The SMILES string of the molecule is CCCCC/C=C\C[C@@H]1C(=O)C=C/C1=C/C=C/CCCC(=O)O. The minimum Gasteiger partial charge on any atom is -0.481 e. The number of ketones is 1. The van der Waals surface area contributed by atoms with Crippen LogP contribution in [0.25, 0.3) is 0 Å². The zero-order valence-corrected chi connectivity index (χ0v) is 14.0. The summed E-state index contributed by atoms with van der Waals surface area (Å²) in [6, 6.07) is 0. The number of aliphatic carboxylic acids is 1. The van der Waals surface area contributed by atoms with E-state index in [4.69, 9.17) is 5.11 Å². The first-order chi connectivity index (χ1) is 11.1. The lowest BCUT2D eigenvalue weighted by molar-refractivity contribution is -0.137. The number of carbonyl (C=O) groups excluding carboxylic acids is 1. The number of carbonyl (C=O) groups is 2. The van der Waals surface area contributed by atoms with Crippen molar-refractivity contribution in [3.8, 4) is 0 Å². The Morgan fingerprint density at radius 3 is 2.65 bits per heavy atom. The van der Waals surface area contributed by atoms with Gasteiger partial charge in [-0.05, 0) is 43.8 Å². The van der Waals surface area contributed by atoms with Crippen LogP contribution in [0.5, 0.6) is 0 Å². The summed E-state index contributed by atoms with van der Waals surface area (Å²) < 4.78 is 0. The van der Waals surface area contributed by atoms with Crippen LogP contribution in [0, 0.1) is 5.92 Å². The van der Waals surface area contributed by atoms with E-state index in [9.17, 15) is 9.59 Å². The van der Waals surface area contributed by atoms with E-state index in [1.54, 1.807) is 6.08 Å². The van der Waals surface area contributed by atoms with E-state index in [2.05, 4.69) is 19.1 Å². The van der Waals surface area contributed by atoms with Crippen LogP contribution in [0.3, 0.4) is 0 Å². The van der Waals surface area contributed by atoms with Gasteiger partial charge in [-0.3, -0.25) is 9.59 Å². The van der Waals surface area contributed by atoms with Crippen LogP contribution in [-0.2, 0) is 9.59 Å². The summed E-state index contributed by atoms with van der Waals surface area (Å²) in [6.45, 7) is 2.19. The van der Waals surface area contributed by atoms with E-state index in [1.807, 2.05) is 24.3 Å². The lowest BCUT2D eigenvalue weighted by Crippen LogP contribution is -2.07. The van der Waals surface area contributed by atoms with Crippen molar-refractivity contribution < 1.29 is 14.7 Å². The van der Waals surface area contributed by atoms with Gasteiger partial charge in [-0.1, -0.05) is 56.2 Å². The Morgan fingerprint density at radius 1 is 1.13 bits per heavy atom. The maximum atomic E-state index is 11.9. The molecule has 0 saturated carbocycles. The molecular weight excluding hydrogens is 288 g/mol. The number of hydrogen-bond acceptors (Lipinski definition) is 2. The average Bonchev–Trinajstić information content (AvgIpc) is 2.86. The van der Waals surface area contributed by atoms with Gasteiger partial charge in [-0.15, -0.1) is 0 Å². The van der Waals surface area contributed by atoms with Gasteiger partial charge in [0.05, 0.1) is 5.92 Å². The Kier molecular flexibility index (Phi) is 9.69. The van der Waals surface area contributed by atoms with Crippen LogP contribution < -0.4 is 0 Å². The Hall–Kier alpha value is -1.90. The van der Waals surface area contributed by atoms with Gasteiger partial charge in [0.25, 0.3) is 0 Å². The summed E-state index contributed by atoms with van der Waals surface area (Å²) in [6.07, 6.45) is 20.8. The van der Waals surface area contributed by atoms with Crippen molar-refractivity contribution in [2.24, 2.45) is 5.92 Å². The van der Waals surface area contributed by atoms with Crippen molar-refractivity contribution in [3.05, 3.63) is 48.1 Å². The number of unbranched alkanes of at least 4 members (excludes halogenated alkanes) is 4. The molecule has 0 unspecified atom stereocenters. The standard InChI is InChI=1S/C20H28O3/c1-2-3-4-5-6-10-13-18-17(15-16-19(18)21)12-9-7-8-11-14-20(22)23/h6-7,9-10,12,15-16,18H,2-5,8,11,13-14H2,1H3,(H,22,23)/b9-7+,10-6-,17-12-/t18-/m0/s1. The maximum Gasteiger partial charge on any atom is 0.303 e. The molecule has 0 radical (unpaired) electrons. The van der Waals surface area contributed by atoms with Crippen molar-refractivity contribution >= 4 is 11.8 Å². The third kappa shape index (κ3) is 8.34. The molecule has 1 N–H and O–H groups in total. The van der Waals surface area contributed by atoms with Crippen LogP contribution in [0.1, 0.15) is 58.3 Å². The van der Waals surface area contributed by atoms with E-state index in [1.165, 1.54) is 19.3 Å². The van der Waals surface area contributed by atoms with Gasteiger partial charge in [-0.25, -0.2) is 0 Å². The first-order valence-corrected chi connectivity index (χ1v) is 8.60. The first kappa shape index (κ1) is 19.1. The summed E-state index contributed by atoms with van der Waals surface area (Å²) in [7, 11) is 0. The van der Waals surface area contributed by atoms with Crippen LogP contribution >= 0.6 is 0 Å². The van der Waals surface area contributed by atoms with Crippen LogP contribution in [-0.4, -0.2) is 16.9 Å². The van der Waals surface area contributed by atoms with E-state index in [0.717, 1.165) is 24.8 Å². The highest BCUT2D eigenvalue weighted by molar-refractivity contribution is 5.98.